The van der Waals surface area contributed by atoms with Gasteiger partial charge in [-0.05, 0) is 24.0 Å². The zero-order valence-electron chi connectivity index (χ0n) is 16.0. The highest BCUT2D eigenvalue weighted by Crippen LogP contribution is 2.57. The molecule has 11 nitrogen and oxygen atoms in total. The number of hydrogen-bond acceptors (Lipinski definition) is 10. The van der Waals surface area contributed by atoms with Crippen LogP contribution in [0.2, 0.25) is 5.02 Å². The lowest BCUT2D eigenvalue weighted by molar-refractivity contribution is 0.363. The first kappa shape index (κ1) is 17.7. The molecule has 5 heterocycles. The fraction of sp³-hybridized carbons (Fsp3) is 0.389. The Hall–Kier alpha value is -3.18. The van der Waals surface area contributed by atoms with Crippen LogP contribution in [0.1, 0.15) is 17.6 Å². The summed E-state index contributed by atoms with van der Waals surface area (Å²) < 4.78 is 6.89. The number of nitrogens with one attached hydrogen (secondary N) is 2. The van der Waals surface area contributed by atoms with Gasteiger partial charge in [0.2, 0.25) is 5.89 Å². The molecule has 1 aliphatic carbocycles. The Morgan fingerprint density at radius 1 is 1.30 bits per heavy atom. The minimum absolute atomic E-state index is 0.181. The number of fused-ring (bicyclic) bond motifs is 2. The second-order valence-electron chi connectivity index (χ2n) is 7.81. The minimum Gasteiger partial charge on any atom is -0.356 e. The molecule has 0 spiro atoms. The summed E-state index contributed by atoms with van der Waals surface area (Å²) in [4.78, 5) is 28.1. The Bertz CT molecular complexity index is 1180. The van der Waals surface area contributed by atoms with Crippen LogP contribution in [-0.2, 0) is 6.54 Å². The first-order chi connectivity index (χ1) is 14.6. The summed E-state index contributed by atoms with van der Waals surface area (Å²) in [7, 11) is 1.74. The second-order valence-corrected chi connectivity index (χ2v) is 8.24. The van der Waals surface area contributed by atoms with Crippen molar-refractivity contribution in [2.45, 2.75) is 12.5 Å². The number of aromatic nitrogens is 5. The third-order valence-corrected chi connectivity index (χ3v) is 6.24. The first-order valence-electron chi connectivity index (χ1n) is 9.62. The minimum atomic E-state index is -0.187. The Morgan fingerprint density at radius 2 is 2.13 bits per heavy atom. The van der Waals surface area contributed by atoms with Gasteiger partial charge in [-0.1, -0.05) is 16.8 Å². The fourth-order valence-electron chi connectivity index (χ4n) is 4.45. The molecule has 2 fully saturated rings. The SMILES string of the molecule is CN1NNc2ncn(Cc3nc(C4C5CN(c6cc(Cl)ccn6)CC54)no3)c(=O)c21. The van der Waals surface area contributed by atoms with Gasteiger partial charge < -0.3 is 9.42 Å². The molecule has 0 radical (unpaired) electrons. The van der Waals surface area contributed by atoms with Crippen molar-refractivity contribution in [1.29, 1.82) is 0 Å². The summed E-state index contributed by atoms with van der Waals surface area (Å²) in [5.41, 5.74) is 5.92. The summed E-state index contributed by atoms with van der Waals surface area (Å²) in [5, 5.41) is 6.45. The van der Waals surface area contributed by atoms with Crippen molar-refractivity contribution in [1.82, 2.24) is 30.2 Å². The Labute approximate surface area is 175 Å². The molecule has 154 valence electrons. The smallest absolute Gasteiger partial charge is 0.281 e. The van der Waals surface area contributed by atoms with Crippen LogP contribution < -0.4 is 26.4 Å². The van der Waals surface area contributed by atoms with E-state index in [4.69, 9.17) is 16.1 Å². The van der Waals surface area contributed by atoms with Crippen molar-refractivity contribution in [2.24, 2.45) is 11.8 Å². The molecule has 0 bridgehead atoms. The van der Waals surface area contributed by atoms with Gasteiger partial charge in [0.05, 0.1) is 0 Å². The van der Waals surface area contributed by atoms with Crippen LogP contribution in [0.15, 0.2) is 34.0 Å². The number of hydrazine groups is 2. The molecule has 12 heteroatoms. The van der Waals surface area contributed by atoms with Crippen LogP contribution in [0, 0.1) is 11.8 Å². The van der Waals surface area contributed by atoms with E-state index in [-0.39, 0.29) is 18.0 Å². The van der Waals surface area contributed by atoms with Crippen LogP contribution in [0.25, 0.3) is 0 Å². The molecule has 2 atom stereocenters. The van der Waals surface area contributed by atoms with Crippen LogP contribution in [0.5, 0.6) is 0 Å². The van der Waals surface area contributed by atoms with Crippen LogP contribution in [0.4, 0.5) is 17.3 Å². The van der Waals surface area contributed by atoms with E-state index in [0.717, 1.165) is 18.9 Å². The first-order valence-corrected chi connectivity index (χ1v) is 10.00. The summed E-state index contributed by atoms with van der Waals surface area (Å²) in [6.07, 6.45) is 3.20. The average molecular weight is 428 g/mol. The molecule has 0 amide bonds. The monoisotopic (exact) mass is 427 g/mol. The lowest BCUT2D eigenvalue weighted by atomic mass is 10.2. The zero-order chi connectivity index (χ0) is 20.4. The third kappa shape index (κ3) is 2.73. The molecule has 1 saturated heterocycles. The van der Waals surface area contributed by atoms with Crippen LogP contribution >= 0.6 is 11.6 Å². The van der Waals surface area contributed by atoms with Crippen molar-refractivity contribution < 1.29 is 4.52 Å². The van der Waals surface area contributed by atoms with E-state index in [1.165, 1.54) is 10.9 Å². The molecular formula is C18H18ClN9O2. The van der Waals surface area contributed by atoms with Gasteiger partial charge >= 0.3 is 0 Å². The van der Waals surface area contributed by atoms with E-state index < -0.39 is 0 Å². The van der Waals surface area contributed by atoms with Gasteiger partial charge in [-0.3, -0.25) is 19.8 Å². The van der Waals surface area contributed by atoms with Crippen molar-refractivity contribution in [3.63, 3.8) is 0 Å². The molecule has 2 unspecified atom stereocenters. The number of halogens is 1. The van der Waals surface area contributed by atoms with Crippen molar-refractivity contribution in [2.75, 3.05) is 35.5 Å². The Balaban J connectivity index is 1.15. The summed E-state index contributed by atoms with van der Waals surface area (Å²) in [5.74, 6) is 3.74. The van der Waals surface area contributed by atoms with Crippen LogP contribution in [-0.4, -0.2) is 44.8 Å². The van der Waals surface area contributed by atoms with Gasteiger partial charge in [-0.2, -0.15) is 4.98 Å². The molecule has 2 aliphatic heterocycles. The van der Waals surface area contributed by atoms with E-state index in [0.29, 0.717) is 40.1 Å². The van der Waals surface area contributed by atoms with E-state index in [1.54, 1.807) is 24.3 Å². The van der Waals surface area contributed by atoms with E-state index in [2.05, 4.69) is 36.0 Å². The van der Waals surface area contributed by atoms with Crippen molar-refractivity contribution in [3.8, 4) is 0 Å². The number of pyridine rings is 1. The predicted octanol–water partition coefficient (Wildman–Crippen LogP) is 0.854. The molecule has 2 N–H and O–H groups in total. The highest BCUT2D eigenvalue weighted by atomic mass is 35.5. The lowest BCUT2D eigenvalue weighted by Crippen LogP contribution is -2.35. The largest absolute Gasteiger partial charge is 0.356 e. The molecule has 0 aromatic carbocycles. The van der Waals surface area contributed by atoms with Crippen LogP contribution in [0.3, 0.4) is 0 Å². The second kappa shape index (κ2) is 6.41. The zero-order valence-corrected chi connectivity index (χ0v) is 16.7. The predicted molar refractivity (Wildman–Crippen MR) is 108 cm³/mol. The standard InChI is InChI=1S/C18H18ClN9O2/c1-26-15-17(23-25-26)21-8-28(18(15)29)7-13-22-16(24-30-13)14-10-5-27(6-11(10)14)12-4-9(19)2-3-20-12/h2-4,8,10-11,14,23,25H,5-7H2,1H3. The van der Waals surface area contributed by atoms with Gasteiger partial charge in [0.1, 0.15) is 18.7 Å². The molecule has 3 aliphatic rings. The fourth-order valence-corrected chi connectivity index (χ4v) is 4.61. The number of hydrogen-bond donors (Lipinski definition) is 2. The van der Waals surface area contributed by atoms with Gasteiger partial charge in [0.15, 0.2) is 17.3 Å². The molecule has 30 heavy (non-hydrogen) atoms. The molecule has 6 rings (SSSR count). The summed E-state index contributed by atoms with van der Waals surface area (Å²) >= 11 is 6.08. The lowest BCUT2D eigenvalue weighted by Gasteiger charge is -2.20. The van der Waals surface area contributed by atoms with E-state index in [9.17, 15) is 4.79 Å². The highest BCUT2D eigenvalue weighted by Gasteiger charge is 2.58. The topological polar surface area (TPSA) is 117 Å². The van der Waals surface area contributed by atoms with Crippen molar-refractivity contribution >= 4 is 28.9 Å². The average Bonchev–Trinajstić information content (AvgIpc) is 3.16. The molecule has 1 saturated carbocycles. The summed E-state index contributed by atoms with van der Waals surface area (Å²) in [6, 6.07) is 3.66. The number of piperidine rings is 1. The van der Waals surface area contributed by atoms with Crippen molar-refractivity contribution in [3.05, 3.63) is 51.7 Å². The van der Waals surface area contributed by atoms with Gasteiger partial charge in [0.25, 0.3) is 5.56 Å². The molecular weight excluding hydrogens is 410 g/mol. The van der Waals surface area contributed by atoms with E-state index >= 15 is 0 Å². The Morgan fingerprint density at radius 3 is 2.93 bits per heavy atom. The maximum Gasteiger partial charge on any atom is 0.281 e. The molecule has 3 aromatic rings. The normalized spacial score (nSPS) is 24.0. The number of rotatable bonds is 4. The Kier molecular flexibility index (Phi) is 3.77. The number of nitrogens with zero attached hydrogens (tertiary/aromatic N) is 7. The highest BCUT2D eigenvalue weighted by molar-refractivity contribution is 6.30. The van der Waals surface area contributed by atoms with Gasteiger partial charge in [-0.15, -0.1) is 5.53 Å². The quantitative estimate of drug-likeness (QED) is 0.620. The van der Waals surface area contributed by atoms with Gasteiger partial charge in [-0.25, -0.2) is 9.97 Å². The van der Waals surface area contributed by atoms with Gasteiger partial charge in [0, 0.05) is 37.3 Å². The third-order valence-electron chi connectivity index (χ3n) is 6.00. The maximum absolute atomic E-state index is 12.7. The summed E-state index contributed by atoms with van der Waals surface area (Å²) in [6.45, 7) is 1.97. The molecule has 3 aromatic heterocycles. The maximum atomic E-state index is 12.7. The van der Waals surface area contributed by atoms with E-state index in [1.807, 2.05) is 6.07 Å². The number of anilines is 3.